The summed E-state index contributed by atoms with van der Waals surface area (Å²) in [6, 6.07) is 26.9. The summed E-state index contributed by atoms with van der Waals surface area (Å²) in [6.07, 6.45) is 12.6. The molecule has 0 saturated heterocycles. The van der Waals surface area contributed by atoms with Gasteiger partial charge in [0.25, 0.3) is 0 Å². The number of benzene rings is 3. The summed E-state index contributed by atoms with van der Waals surface area (Å²) in [4.78, 5) is 0. The third-order valence-electron chi connectivity index (χ3n) is 6.83. The Morgan fingerprint density at radius 2 is 1.22 bits per heavy atom. The lowest BCUT2D eigenvalue weighted by Gasteiger charge is -2.27. The molecule has 0 aliphatic heterocycles. The van der Waals surface area contributed by atoms with E-state index in [1.54, 1.807) is 7.11 Å². The Kier molecular flexibility index (Phi) is 7.96. The molecule has 0 N–H and O–H groups in total. The van der Waals surface area contributed by atoms with Crippen molar-refractivity contribution < 1.29 is 4.74 Å². The highest BCUT2D eigenvalue weighted by molar-refractivity contribution is 5.70. The minimum absolute atomic E-state index is 0.659. The molecular weight excluding hydrogens is 388 g/mol. The second kappa shape index (κ2) is 11.3. The molecule has 0 bridgehead atoms. The van der Waals surface area contributed by atoms with E-state index < -0.39 is 0 Å². The maximum atomic E-state index is 5.21. The fraction of sp³-hybridized carbons (Fsp3) is 0.355. The van der Waals surface area contributed by atoms with E-state index in [1.807, 2.05) is 0 Å². The van der Waals surface area contributed by atoms with Crippen molar-refractivity contribution in [1.29, 1.82) is 0 Å². The lowest BCUT2D eigenvalue weighted by Crippen LogP contribution is -2.11. The second-order valence-corrected chi connectivity index (χ2v) is 9.16. The summed E-state index contributed by atoms with van der Waals surface area (Å²) < 4.78 is 5.21. The number of methoxy groups -OCH3 is 1. The monoisotopic (exact) mass is 424 g/mol. The fourth-order valence-electron chi connectivity index (χ4n) is 4.86. The minimum atomic E-state index is 0.659. The Balaban J connectivity index is 1.37. The van der Waals surface area contributed by atoms with Crippen molar-refractivity contribution in [2.75, 3.05) is 7.11 Å². The van der Waals surface area contributed by atoms with E-state index in [4.69, 9.17) is 4.74 Å². The van der Waals surface area contributed by atoms with Gasteiger partial charge in [-0.3, -0.25) is 0 Å². The number of allylic oxidation sites excluding steroid dienone is 2. The molecule has 0 amide bonds. The Bertz CT molecular complexity index is 972. The molecule has 3 aromatic carbocycles. The predicted molar refractivity (Wildman–Crippen MR) is 137 cm³/mol. The largest absolute Gasteiger partial charge is 0.380 e. The molecule has 0 heterocycles. The first-order valence-electron chi connectivity index (χ1n) is 12.2. The van der Waals surface area contributed by atoms with Gasteiger partial charge in [0.05, 0.1) is 6.61 Å². The standard InChI is InChI=1S/C31H36O/c1-3-4-5-6-24-7-11-26(12-8-24)28-15-19-30(20-16-28)31-21-17-29(18-22-31)27-13-9-25(10-14-27)23-32-2/h5-6,9-10,13-22,24,26H,3-4,7-8,11-12,23H2,1-2H3/b6-5+. The molecule has 0 spiro atoms. The highest BCUT2D eigenvalue weighted by atomic mass is 16.5. The fourth-order valence-corrected chi connectivity index (χ4v) is 4.86. The van der Waals surface area contributed by atoms with Crippen LogP contribution in [0.25, 0.3) is 22.3 Å². The van der Waals surface area contributed by atoms with Crippen LogP contribution < -0.4 is 0 Å². The Morgan fingerprint density at radius 3 is 1.72 bits per heavy atom. The molecule has 4 rings (SSSR count). The molecule has 0 aromatic heterocycles. The van der Waals surface area contributed by atoms with Crippen molar-refractivity contribution in [1.82, 2.24) is 0 Å². The van der Waals surface area contributed by atoms with Crippen LogP contribution in [0.4, 0.5) is 0 Å². The average Bonchev–Trinajstić information content (AvgIpc) is 2.86. The van der Waals surface area contributed by atoms with E-state index in [0.29, 0.717) is 6.61 Å². The third kappa shape index (κ3) is 5.78. The summed E-state index contributed by atoms with van der Waals surface area (Å²) in [5, 5.41) is 0. The smallest absolute Gasteiger partial charge is 0.0713 e. The molecule has 0 unspecified atom stereocenters. The van der Waals surface area contributed by atoms with Gasteiger partial charge in [-0.1, -0.05) is 98.3 Å². The molecule has 1 aliphatic carbocycles. The number of unbranched alkanes of at least 4 members (excludes halogenated alkanes) is 1. The summed E-state index contributed by atoms with van der Waals surface area (Å²) >= 11 is 0. The number of hydrogen-bond donors (Lipinski definition) is 0. The maximum absolute atomic E-state index is 5.21. The number of rotatable bonds is 8. The average molecular weight is 425 g/mol. The van der Waals surface area contributed by atoms with E-state index in [0.717, 1.165) is 11.8 Å². The van der Waals surface area contributed by atoms with Gasteiger partial charge in [-0.2, -0.15) is 0 Å². The Morgan fingerprint density at radius 1 is 0.719 bits per heavy atom. The topological polar surface area (TPSA) is 9.23 Å². The Hall–Kier alpha value is -2.64. The van der Waals surface area contributed by atoms with Crippen LogP contribution in [0, 0.1) is 5.92 Å². The van der Waals surface area contributed by atoms with Crippen LogP contribution >= 0.6 is 0 Å². The van der Waals surface area contributed by atoms with Crippen LogP contribution in [0.2, 0.25) is 0 Å². The van der Waals surface area contributed by atoms with Gasteiger partial charge >= 0.3 is 0 Å². The van der Waals surface area contributed by atoms with Crippen LogP contribution in [-0.2, 0) is 11.3 Å². The Labute approximate surface area is 194 Å². The van der Waals surface area contributed by atoms with Gasteiger partial charge in [-0.15, -0.1) is 0 Å². The predicted octanol–water partition coefficient (Wildman–Crippen LogP) is 8.80. The normalized spacial score (nSPS) is 18.8. The molecule has 32 heavy (non-hydrogen) atoms. The first-order valence-corrected chi connectivity index (χ1v) is 12.2. The van der Waals surface area contributed by atoms with Crippen LogP contribution in [0.1, 0.15) is 62.5 Å². The van der Waals surface area contributed by atoms with Gasteiger partial charge in [-0.25, -0.2) is 0 Å². The van der Waals surface area contributed by atoms with E-state index in [9.17, 15) is 0 Å². The highest BCUT2D eigenvalue weighted by Gasteiger charge is 2.20. The van der Waals surface area contributed by atoms with Gasteiger partial charge in [0.15, 0.2) is 0 Å². The van der Waals surface area contributed by atoms with Crippen LogP contribution in [0.15, 0.2) is 84.9 Å². The van der Waals surface area contributed by atoms with Gasteiger partial charge in [0.2, 0.25) is 0 Å². The van der Waals surface area contributed by atoms with E-state index in [-0.39, 0.29) is 0 Å². The first-order chi connectivity index (χ1) is 15.8. The van der Waals surface area contributed by atoms with Crippen molar-refractivity contribution in [3.05, 3.63) is 96.1 Å². The van der Waals surface area contributed by atoms with E-state index >= 15 is 0 Å². The van der Waals surface area contributed by atoms with Crippen LogP contribution in [-0.4, -0.2) is 7.11 Å². The molecular formula is C31H36O. The quantitative estimate of drug-likeness (QED) is 0.328. The van der Waals surface area contributed by atoms with Crippen LogP contribution in [0.3, 0.4) is 0 Å². The minimum Gasteiger partial charge on any atom is -0.380 e. The molecule has 0 atom stereocenters. The van der Waals surface area contributed by atoms with Gasteiger partial charge < -0.3 is 4.74 Å². The van der Waals surface area contributed by atoms with Gasteiger partial charge in [0.1, 0.15) is 0 Å². The zero-order chi connectivity index (χ0) is 22.2. The highest BCUT2D eigenvalue weighted by Crippen LogP contribution is 2.37. The summed E-state index contributed by atoms with van der Waals surface area (Å²) in [7, 11) is 1.73. The zero-order valence-electron chi connectivity index (χ0n) is 19.6. The zero-order valence-corrected chi connectivity index (χ0v) is 19.6. The molecule has 1 nitrogen and oxygen atoms in total. The van der Waals surface area contributed by atoms with Gasteiger partial charge in [-0.05, 0) is 77.3 Å². The second-order valence-electron chi connectivity index (χ2n) is 9.16. The first kappa shape index (κ1) is 22.6. The number of hydrogen-bond acceptors (Lipinski definition) is 1. The summed E-state index contributed by atoms with van der Waals surface area (Å²) in [6.45, 7) is 2.91. The molecule has 1 saturated carbocycles. The maximum Gasteiger partial charge on any atom is 0.0713 e. The lowest BCUT2D eigenvalue weighted by molar-refractivity contribution is 0.185. The lowest BCUT2D eigenvalue weighted by atomic mass is 9.78. The number of ether oxygens (including phenoxy) is 1. The van der Waals surface area contributed by atoms with E-state index in [2.05, 4.69) is 91.9 Å². The van der Waals surface area contributed by atoms with Gasteiger partial charge in [0, 0.05) is 7.11 Å². The third-order valence-corrected chi connectivity index (χ3v) is 6.83. The molecule has 166 valence electrons. The van der Waals surface area contributed by atoms with Crippen molar-refractivity contribution in [3.8, 4) is 22.3 Å². The summed E-state index contributed by atoms with van der Waals surface area (Å²) in [5.74, 6) is 1.52. The van der Waals surface area contributed by atoms with Crippen molar-refractivity contribution in [3.63, 3.8) is 0 Å². The SMILES string of the molecule is CCC/C=C/C1CCC(c2ccc(-c3ccc(-c4ccc(COC)cc4)cc3)cc2)CC1. The molecule has 0 radical (unpaired) electrons. The van der Waals surface area contributed by atoms with E-state index in [1.165, 1.54) is 71.9 Å². The summed E-state index contributed by atoms with van der Waals surface area (Å²) in [5.41, 5.74) is 7.78. The van der Waals surface area contributed by atoms with Crippen molar-refractivity contribution in [2.45, 2.75) is 58.0 Å². The van der Waals surface area contributed by atoms with Crippen molar-refractivity contribution in [2.24, 2.45) is 5.92 Å². The molecule has 1 aliphatic rings. The molecule has 3 aromatic rings. The van der Waals surface area contributed by atoms with Crippen LogP contribution in [0.5, 0.6) is 0 Å². The molecule has 1 fully saturated rings. The van der Waals surface area contributed by atoms with Crippen molar-refractivity contribution >= 4 is 0 Å². The molecule has 1 heteroatoms.